The fourth-order valence-electron chi connectivity index (χ4n) is 3.69. The largest absolute Gasteiger partial charge is 0.496 e. The van der Waals surface area contributed by atoms with Gasteiger partial charge in [0.15, 0.2) is 0 Å². The summed E-state index contributed by atoms with van der Waals surface area (Å²) in [6.07, 6.45) is 0. The summed E-state index contributed by atoms with van der Waals surface area (Å²) in [7, 11) is 0.228. The van der Waals surface area contributed by atoms with Crippen LogP contribution in [0.5, 0.6) is 5.75 Å². The summed E-state index contributed by atoms with van der Waals surface area (Å²) in [6.45, 7) is 3.88. The highest BCUT2D eigenvalue weighted by Crippen LogP contribution is 2.27. The fourth-order valence-corrected chi connectivity index (χ4v) is 3.69. The zero-order chi connectivity index (χ0) is 21.1. The molecule has 0 bridgehead atoms. The number of carboxylic acid groups (broad SMARTS) is 1. The maximum Gasteiger partial charge on any atom is 0.495 e. The molecule has 2 aromatic carbocycles. The van der Waals surface area contributed by atoms with E-state index in [4.69, 9.17) is 9.39 Å². The SMILES string of the molecule is COc1c(C(=O)N(Cc2ccccc2)C(C(=O)O)C(C)C)ccc2c1B(O)OC2. The monoisotopic (exact) mass is 397 g/mol. The normalized spacial score (nSPS) is 13.9. The Hall–Kier alpha value is -2.84. The third-order valence-corrected chi connectivity index (χ3v) is 5.04. The summed E-state index contributed by atoms with van der Waals surface area (Å²) in [4.78, 5) is 26.9. The molecule has 2 N–H and O–H groups in total. The van der Waals surface area contributed by atoms with Crippen LogP contribution in [-0.4, -0.2) is 47.2 Å². The average Bonchev–Trinajstić information content (AvgIpc) is 3.07. The predicted octanol–water partition coefficient (Wildman–Crippen LogP) is 1.66. The Morgan fingerprint density at radius 2 is 1.90 bits per heavy atom. The van der Waals surface area contributed by atoms with Crippen LogP contribution in [0.1, 0.15) is 35.3 Å². The molecule has 0 aliphatic carbocycles. The highest BCUT2D eigenvalue weighted by atomic mass is 16.5. The van der Waals surface area contributed by atoms with Gasteiger partial charge in [0.25, 0.3) is 5.91 Å². The van der Waals surface area contributed by atoms with Crippen LogP contribution in [0.4, 0.5) is 0 Å². The number of fused-ring (bicyclic) bond motifs is 1. The molecule has 0 radical (unpaired) electrons. The maximum absolute atomic E-state index is 13.5. The molecule has 1 amide bonds. The van der Waals surface area contributed by atoms with Crippen molar-refractivity contribution in [3.8, 4) is 5.75 Å². The van der Waals surface area contributed by atoms with E-state index in [2.05, 4.69) is 0 Å². The Bertz CT molecular complexity index is 902. The van der Waals surface area contributed by atoms with E-state index in [-0.39, 0.29) is 30.4 Å². The predicted molar refractivity (Wildman–Crippen MR) is 108 cm³/mol. The van der Waals surface area contributed by atoms with Gasteiger partial charge in [-0.1, -0.05) is 50.2 Å². The smallest absolute Gasteiger partial charge is 0.495 e. The molecule has 1 atom stereocenters. The molecule has 1 heterocycles. The minimum atomic E-state index is -1.18. The maximum atomic E-state index is 13.5. The van der Waals surface area contributed by atoms with Crippen LogP contribution in [0.25, 0.3) is 0 Å². The zero-order valence-corrected chi connectivity index (χ0v) is 16.7. The molecule has 1 unspecified atom stereocenters. The fraction of sp³-hybridized carbons (Fsp3) is 0.333. The van der Waals surface area contributed by atoms with Gasteiger partial charge in [0.05, 0.1) is 19.3 Å². The second-order valence-corrected chi connectivity index (χ2v) is 7.33. The number of carbonyl (C=O) groups is 2. The first-order valence-corrected chi connectivity index (χ1v) is 9.42. The summed E-state index contributed by atoms with van der Waals surface area (Å²) in [5.74, 6) is -1.65. The first-order chi connectivity index (χ1) is 13.8. The topological polar surface area (TPSA) is 96.3 Å². The Morgan fingerprint density at radius 3 is 2.48 bits per heavy atom. The van der Waals surface area contributed by atoms with Crippen LogP contribution in [0, 0.1) is 5.92 Å². The van der Waals surface area contributed by atoms with Crippen molar-refractivity contribution in [2.75, 3.05) is 7.11 Å². The third-order valence-electron chi connectivity index (χ3n) is 5.04. The number of hydrogen-bond acceptors (Lipinski definition) is 5. The number of nitrogens with zero attached hydrogens (tertiary/aromatic N) is 1. The van der Waals surface area contributed by atoms with Crippen molar-refractivity contribution in [3.05, 3.63) is 59.2 Å². The first kappa shape index (κ1) is 20.9. The van der Waals surface area contributed by atoms with Gasteiger partial charge >= 0.3 is 13.1 Å². The molecule has 0 saturated carbocycles. The standard InChI is InChI=1S/C21H24BNO6/c1-13(2)18(21(25)26)23(11-14-7-5-4-6-8-14)20(24)16-10-9-15-12-29-22(27)17(15)19(16)28-3/h4-10,13,18,27H,11-12H2,1-3H3,(H,25,26). The quantitative estimate of drug-likeness (QED) is 0.690. The zero-order valence-electron chi connectivity index (χ0n) is 16.7. The van der Waals surface area contributed by atoms with Gasteiger partial charge in [-0.3, -0.25) is 4.79 Å². The third kappa shape index (κ3) is 4.13. The van der Waals surface area contributed by atoms with Crippen LogP contribution in [0.15, 0.2) is 42.5 Å². The van der Waals surface area contributed by atoms with Gasteiger partial charge in [-0.15, -0.1) is 0 Å². The average molecular weight is 397 g/mol. The number of methoxy groups -OCH3 is 1. The van der Waals surface area contributed by atoms with Gasteiger partial charge < -0.3 is 24.4 Å². The summed E-state index contributed by atoms with van der Waals surface area (Å²) < 4.78 is 10.7. The van der Waals surface area contributed by atoms with Gasteiger partial charge in [0, 0.05) is 12.0 Å². The lowest BCUT2D eigenvalue weighted by Crippen LogP contribution is -2.48. The van der Waals surface area contributed by atoms with Gasteiger partial charge in [-0.2, -0.15) is 0 Å². The lowest BCUT2D eigenvalue weighted by molar-refractivity contribution is -0.144. The highest BCUT2D eigenvalue weighted by molar-refractivity contribution is 6.63. The number of amides is 1. The van der Waals surface area contributed by atoms with Crippen molar-refractivity contribution < 1.29 is 29.1 Å². The second-order valence-electron chi connectivity index (χ2n) is 7.33. The van der Waals surface area contributed by atoms with Gasteiger partial charge in [-0.05, 0) is 23.1 Å². The molecule has 1 aliphatic heterocycles. The summed E-state index contributed by atoms with van der Waals surface area (Å²) in [6, 6.07) is 11.5. The number of carboxylic acids is 1. The van der Waals surface area contributed by atoms with E-state index in [1.807, 2.05) is 30.3 Å². The molecule has 0 fully saturated rings. The van der Waals surface area contributed by atoms with E-state index in [0.29, 0.717) is 5.46 Å². The van der Waals surface area contributed by atoms with E-state index >= 15 is 0 Å². The lowest BCUT2D eigenvalue weighted by Gasteiger charge is -2.32. The molecule has 0 aromatic heterocycles. The van der Waals surface area contributed by atoms with Crippen molar-refractivity contribution in [1.29, 1.82) is 0 Å². The minimum Gasteiger partial charge on any atom is -0.496 e. The van der Waals surface area contributed by atoms with Crippen molar-refractivity contribution in [1.82, 2.24) is 4.90 Å². The molecule has 0 spiro atoms. The molecule has 29 heavy (non-hydrogen) atoms. The Labute approximate surface area is 170 Å². The number of ether oxygens (including phenoxy) is 1. The minimum absolute atomic E-state index is 0.133. The van der Waals surface area contributed by atoms with Gasteiger partial charge in [0.2, 0.25) is 0 Å². The molecular weight excluding hydrogens is 373 g/mol. The van der Waals surface area contributed by atoms with Crippen molar-refractivity contribution in [2.24, 2.45) is 5.92 Å². The van der Waals surface area contributed by atoms with Crippen molar-refractivity contribution in [3.63, 3.8) is 0 Å². The molecule has 3 rings (SSSR count). The molecular formula is C21H24BNO6. The molecule has 0 saturated heterocycles. The molecule has 8 heteroatoms. The van der Waals surface area contributed by atoms with Gasteiger partial charge in [0.1, 0.15) is 11.8 Å². The van der Waals surface area contributed by atoms with Crippen LogP contribution in [0.3, 0.4) is 0 Å². The molecule has 7 nitrogen and oxygen atoms in total. The van der Waals surface area contributed by atoms with E-state index in [1.165, 1.54) is 12.0 Å². The molecule has 1 aliphatic rings. The van der Waals surface area contributed by atoms with E-state index in [0.717, 1.165) is 11.1 Å². The summed E-state index contributed by atoms with van der Waals surface area (Å²) in [5.41, 5.74) is 2.16. The Balaban J connectivity index is 2.07. The van der Waals surface area contributed by atoms with Crippen LogP contribution in [0.2, 0.25) is 0 Å². The molecule has 152 valence electrons. The summed E-state index contributed by atoms with van der Waals surface area (Å²) in [5, 5.41) is 20.0. The number of rotatable bonds is 7. The first-order valence-electron chi connectivity index (χ1n) is 9.42. The number of aliphatic carboxylic acids is 1. The summed E-state index contributed by atoms with van der Waals surface area (Å²) >= 11 is 0. The van der Waals surface area contributed by atoms with E-state index < -0.39 is 25.0 Å². The van der Waals surface area contributed by atoms with Crippen LogP contribution >= 0.6 is 0 Å². The van der Waals surface area contributed by atoms with Crippen LogP contribution < -0.4 is 10.2 Å². The number of benzene rings is 2. The van der Waals surface area contributed by atoms with Crippen molar-refractivity contribution in [2.45, 2.75) is 33.0 Å². The van der Waals surface area contributed by atoms with E-state index in [1.54, 1.807) is 26.0 Å². The Morgan fingerprint density at radius 1 is 1.21 bits per heavy atom. The second kappa shape index (κ2) is 8.67. The molecule has 2 aromatic rings. The highest BCUT2D eigenvalue weighted by Gasteiger charge is 2.38. The van der Waals surface area contributed by atoms with Crippen LogP contribution in [-0.2, 0) is 22.6 Å². The van der Waals surface area contributed by atoms with Crippen molar-refractivity contribution >= 4 is 24.5 Å². The Kier molecular flexibility index (Phi) is 6.25. The van der Waals surface area contributed by atoms with E-state index in [9.17, 15) is 19.7 Å². The number of carbonyl (C=O) groups excluding carboxylic acids is 1. The van der Waals surface area contributed by atoms with Gasteiger partial charge in [-0.25, -0.2) is 4.79 Å². The lowest BCUT2D eigenvalue weighted by atomic mass is 9.77. The number of hydrogen-bond donors (Lipinski definition) is 2.